The Morgan fingerprint density at radius 1 is 0.414 bits per heavy atom. The number of aryl methyl sites for hydroxylation is 4. The van der Waals surface area contributed by atoms with Gasteiger partial charge in [-0.1, -0.05) is 166 Å². The van der Waals surface area contributed by atoms with Gasteiger partial charge < -0.3 is 42.7 Å². The highest BCUT2D eigenvalue weighted by molar-refractivity contribution is 6.02. The number of amides is 7. The molecule has 4 saturated carbocycles. The Hall–Kier alpha value is -9.00. The number of aliphatic carboxylic acids is 1. The molecule has 0 aromatic heterocycles. The first-order valence-corrected chi connectivity index (χ1v) is 43.5. The zero-order chi connectivity index (χ0) is 83.1. The van der Waals surface area contributed by atoms with E-state index in [0.29, 0.717) is 30.3 Å². The van der Waals surface area contributed by atoms with Crippen molar-refractivity contribution < 1.29 is 43.5 Å². The van der Waals surface area contributed by atoms with Gasteiger partial charge >= 0.3 is 5.97 Å². The number of carboxylic acid groups (broad SMARTS) is 1. The molecule has 6 aromatic carbocycles. The molecule has 620 valence electrons. The summed E-state index contributed by atoms with van der Waals surface area (Å²) >= 11 is 0. The number of nitrogens with one attached hydrogen (secondary N) is 6. The topological polar surface area (TPSA) is 284 Å². The molecule has 14 rings (SSSR count). The third kappa shape index (κ3) is 16.7. The molecule has 8 aliphatic rings. The molecular weight excluding hydrogens is 1450 g/mol. The molecule has 0 heterocycles. The second-order valence-electron chi connectivity index (χ2n) is 38.7. The maximum atomic E-state index is 14.8. The zero-order valence-electron chi connectivity index (χ0n) is 71.0. The quantitative estimate of drug-likeness (QED) is 0.0286. The Morgan fingerprint density at radius 3 is 1.09 bits per heavy atom. The monoisotopic (exact) mass is 1580 g/mol. The lowest BCUT2D eigenvalue weighted by atomic mass is 9.49. The molecule has 18 heteroatoms. The van der Waals surface area contributed by atoms with E-state index in [1.54, 1.807) is 0 Å². The minimum atomic E-state index is -1.01. The normalized spacial score (nSPS) is 29.1. The maximum Gasteiger partial charge on any atom is 0.303 e. The van der Waals surface area contributed by atoms with Crippen LogP contribution in [0.15, 0.2) is 133 Å². The molecule has 7 amide bonds. The number of rotatable bonds is 22. The zero-order valence-corrected chi connectivity index (χ0v) is 71.0. The van der Waals surface area contributed by atoms with E-state index in [0.717, 1.165) is 145 Å². The van der Waals surface area contributed by atoms with E-state index in [-0.39, 0.29) is 112 Å². The number of nitrogens with two attached hydrogens (primary N) is 2. The Balaban J connectivity index is 0.000000202. The van der Waals surface area contributed by atoms with Gasteiger partial charge in [0.2, 0.25) is 41.4 Å². The number of benzene rings is 6. The summed E-state index contributed by atoms with van der Waals surface area (Å²) in [4.78, 5) is 111. The van der Waals surface area contributed by atoms with E-state index in [4.69, 9.17) is 16.6 Å². The molecule has 0 radical (unpaired) electrons. The first-order valence-electron chi connectivity index (χ1n) is 43.5. The van der Waals surface area contributed by atoms with Crippen LogP contribution < -0.4 is 48.3 Å². The van der Waals surface area contributed by atoms with E-state index in [1.165, 1.54) is 50.2 Å². The van der Waals surface area contributed by atoms with Crippen molar-refractivity contribution in [3.63, 3.8) is 0 Å². The summed E-state index contributed by atoms with van der Waals surface area (Å²) in [5.74, 6) is -2.27. The Kier molecular flexibility index (Phi) is 24.7. The van der Waals surface area contributed by atoms with Gasteiger partial charge in [-0.2, -0.15) is 0 Å². The lowest BCUT2D eigenvalue weighted by Crippen LogP contribution is -2.60. The smallest absolute Gasteiger partial charge is 0.303 e. The van der Waals surface area contributed by atoms with Crippen molar-refractivity contribution in [3.8, 4) is 0 Å². The fourth-order valence-corrected chi connectivity index (χ4v) is 24.0. The van der Waals surface area contributed by atoms with Gasteiger partial charge in [0.1, 0.15) is 0 Å². The number of carbonyl (C=O) groups is 8. The van der Waals surface area contributed by atoms with Crippen molar-refractivity contribution in [2.45, 2.75) is 296 Å². The minimum Gasteiger partial charge on any atom is -0.481 e. The SMILES string of the molecule is CC(C)NC(=O)CC[C@H](N)C(=O)Nc1ccc2c(c1)[C@@]1(C)CCC[C@](C)(C(=O)NC(=O)[C@@]3(C)CCC[C@]4(C)c5cc(NC(=O)[C@@H](N)CCC(=O)O)ccc5CC[C@@H]34)[C@@H]1CC2.CC(C)Nc1ccc2c(c1)[C@@]1(C)CCC[C@](C)(C(=O)NC(=O)[C@@]3(C)CCC[C@]4(C)c5cc(N(Cc6ccccc6)Cc6ccccc6)ccc5CC[C@@H]34)[C@@H]1CC2. The molecule has 4 fully saturated rings. The fraction of sp³-hybridized carbons (Fsp3) is 0.551. The van der Waals surface area contributed by atoms with Gasteiger partial charge in [-0.15, -0.1) is 0 Å². The molecule has 11 N–H and O–H groups in total. The number of fused-ring (bicyclic) bond motifs is 12. The Bertz CT molecular complexity index is 4660. The largest absolute Gasteiger partial charge is 0.481 e. The number of carboxylic acids is 1. The van der Waals surface area contributed by atoms with Crippen LogP contribution in [0.5, 0.6) is 0 Å². The van der Waals surface area contributed by atoms with Crippen LogP contribution in [0.4, 0.5) is 22.7 Å². The van der Waals surface area contributed by atoms with Crippen molar-refractivity contribution in [2.75, 3.05) is 20.9 Å². The third-order valence-electron chi connectivity index (χ3n) is 30.2. The van der Waals surface area contributed by atoms with Gasteiger partial charge in [-0.05, 0) is 293 Å². The van der Waals surface area contributed by atoms with Crippen LogP contribution >= 0.6 is 0 Å². The number of hydrogen-bond acceptors (Lipinski definition) is 12. The Labute approximate surface area is 688 Å². The van der Waals surface area contributed by atoms with Gasteiger partial charge in [0, 0.05) is 60.8 Å². The highest BCUT2D eigenvalue weighted by Crippen LogP contribution is 2.63. The number of nitrogens with zero attached hydrogens (tertiary/aromatic N) is 1. The summed E-state index contributed by atoms with van der Waals surface area (Å²) in [7, 11) is 0. The van der Waals surface area contributed by atoms with E-state index in [9.17, 15) is 38.4 Å². The highest BCUT2D eigenvalue weighted by atomic mass is 16.4. The van der Waals surface area contributed by atoms with Gasteiger partial charge in [0.15, 0.2) is 0 Å². The average molecular weight is 1580 g/mol. The van der Waals surface area contributed by atoms with Crippen LogP contribution in [0.3, 0.4) is 0 Å². The van der Waals surface area contributed by atoms with Gasteiger partial charge in [0.05, 0.1) is 33.7 Å². The second-order valence-corrected chi connectivity index (χ2v) is 38.7. The molecule has 6 aromatic rings. The highest BCUT2D eigenvalue weighted by Gasteiger charge is 2.61. The molecule has 8 aliphatic carbocycles. The molecule has 14 atom stereocenters. The van der Waals surface area contributed by atoms with Gasteiger partial charge in [0.25, 0.3) is 0 Å². The first-order chi connectivity index (χ1) is 55.0. The van der Waals surface area contributed by atoms with Crippen molar-refractivity contribution in [2.24, 2.45) is 56.8 Å². The molecule has 0 aliphatic heterocycles. The molecular formula is C98H129N9O9. The summed E-state index contributed by atoms with van der Waals surface area (Å²) in [6.45, 7) is 27.4. The standard InChI is InChI=1S/C51H63N3O2.C47H66N6O7/c1-35(2)52-40-23-19-38-21-25-44-48(3,42(38)31-40)27-13-29-50(44,5)46(55)53-47(56)51(6)30-14-28-49(4)43-32-41(24-20-39(43)22-26-45(49)51)54(33-36-15-9-7-10-16-36)34-37-17-11-8-12-18-37;1-27(2)50-38(54)19-15-34(48)40(57)51-30-13-9-28-11-17-36-44(3,32(28)25-30)21-7-23-46(36,5)42(59)53-43(60)47(6)24-8-22-45(4)33-26-31(14-10-29(33)12-18-37(45)47)52-41(58)35(49)16-20-39(55)56/h7-12,15-20,23-24,31-32,35,44-45,52H,13-14,21-22,25-30,33-34H2,1-6H3,(H,53,55,56);9-10,13-14,25-27,34-37H,7-8,11-12,15-24,48-49H2,1-6H3,(H,50,54)(H,51,57)(H,52,58)(H,55,56)(H,53,59,60)/t44-,45-,48-,49-,50+,51+;34-,35-,36+,37+,44+,45+,46-,47-/m10/s1. The lowest BCUT2D eigenvalue weighted by Gasteiger charge is -2.56. The second kappa shape index (κ2) is 33.8. The van der Waals surface area contributed by atoms with Crippen LogP contribution in [-0.2, 0) is 98.8 Å². The summed E-state index contributed by atoms with van der Waals surface area (Å²) in [6.07, 6.45) is 17.6. The molecule has 0 unspecified atom stereocenters. The van der Waals surface area contributed by atoms with Crippen molar-refractivity contribution in [3.05, 3.63) is 189 Å². The predicted octanol–water partition coefficient (Wildman–Crippen LogP) is 16.8. The molecule has 0 spiro atoms. The summed E-state index contributed by atoms with van der Waals surface area (Å²) in [5.41, 5.74) is 24.7. The van der Waals surface area contributed by atoms with Gasteiger partial charge in [-0.25, -0.2) is 0 Å². The number of imide groups is 2. The van der Waals surface area contributed by atoms with Crippen LogP contribution in [-0.4, -0.2) is 76.6 Å². The third-order valence-corrected chi connectivity index (χ3v) is 30.2. The predicted molar refractivity (Wildman–Crippen MR) is 461 cm³/mol. The van der Waals surface area contributed by atoms with Crippen molar-refractivity contribution >= 4 is 70.1 Å². The van der Waals surface area contributed by atoms with E-state index in [2.05, 4.69) is 195 Å². The number of anilines is 4. The van der Waals surface area contributed by atoms with Gasteiger partial charge in [-0.3, -0.25) is 49.0 Å². The molecule has 18 nitrogen and oxygen atoms in total. The van der Waals surface area contributed by atoms with Crippen molar-refractivity contribution in [1.82, 2.24) is 16.0 Å². The van der Waals surface area contributed by atoms with Crippen LogP contribution in [0.1, 0.15) is 267 Å². The summed E-state index contributed by atoms with van der Waals surface area (Å²) in [5, 5.41) is 27.5. The average Bonchev–Trinajstić information content (AvgIpc) is 0.771. The number of carbonyl (C=O) groups excluding carboxylic acids is 7. The van der Waals surface area contributed by atoms with Crippen molar-refractivity contribution in [1.29, 1.82) is 0 Å². The molecule has 116 heavy (non-hydrogen) atoms. The minimum absolute atomic E-state index is 0.00916. The van der Waals surface area contributed by atoms with E-state index < -0.39 is 45.6 Å². The molecule has 0 saturated heterocycles. The lowest BCUT2D eigenvalue weighted by molar-refractivity contribution is -0.151. The Morgan fingerprint density at radius 2 is 0.741 bits per heavy atom. The van der Waals surface area contributed by atoms with E-state index >= 15 is 0 Å². The fourth-order valence-electron chi connectivity index (χ4n) is 24.0. The summed E-state index contributed by atoms with van der Waals surface area (Å²) in [6, 6.07) is 45.9. The van der Waals surface area contributed by atoms with Crippen LogP contribution in [0.2, 0.25) is 0 Å². The summed E-state index contributed by atoms with van der Waals surface area (Å²) < 4.78 is 0. The van der Waals surface area contributed by atoms with Crippen LogP contribution in [0.25, 0.3) is 0 Å². The van der Waals surface area contributed by atoms with E-state index in [1.807, 2.05) is 58.0 Å². The first kappa shape index (κ1) is 84.9. The van der Waals surface area contributed by atoms with Crippen LogP contribution in [0, 0.1) is 45.3 Å². The molecule has 0 bridgehead atoms. The maximum absolute atomic E-state index is 14.8. The number of hydrogen-bond donors (Lipinski definition) is 9.